The minimum absolute atomic E-state index is 0.0415. The van der Waals surface area contributed by atoms with Crippen LogP contribution >= 0.6 is 0 Å². The minimum Gasteiger partial charge on any atom is -0.352 e. The Bertz CT molecular complexity index is 427. The molecule has 0 aliphatic rings. The molecule has 19 heavy (non-hydrogen) atoms. The van der Waals surface area contributed by atoms with Gasteiger partial charge >= 0.3 is 0 Å². The summed E-state index contributed by atoms with van der Waals surface area (Å²) in [6.07, 6.45) is 1.16. The molecule has 0 unspecified atom stereocenters. The van der Waals surface area contributed by atoms with E-state index in [2.05, 4.69) is 10.6 Å². The Morgan fingerprint density at radius 1 is 1.16 bits per heavy atom. The van der Waals surface area contributed by atoms with E-state index in [1.807, 2.05) is 39.0 Å². The van der Waals surface area contributed by atoms with Crippen LogP contribution in [0.5, 0.6) is 0 Å². The summed E-state index contributed by atoms with van der Waals surface area (Å²) in [5, 5.41) is 5.66. The molecule has 2 amide bonds. The summed E-state index contributed by atoms with van der Waals surface area (Å²) in [6.45, 7) is 6.33. The van der Waals surface area contributed by atoms with Crippen LogP contribution in [0.4, 0.5) is 0 Å². The summed E-state index contributed by atoms with van der Waals surface area (Å²) in [5.41, 5.74) is 0.414. The Kier molecular flexibility index (Phi) is 5.55. The number of carbonyl (C=O) groups excluding carboxylic acids is 2. The smallest absolute Gasteiger partial charge is 0.251 e. The summed E-state index contributed by atoms with van der Waals surface area (Å²) in [5.74, 6) is -0.191. The van der Waals surface area contributed by atoms with E-state index in [1.54, 1.807) is 12.1 Å². The average Bonchev–Trinajstić information content (AvgIpc) is 2.39. The fourth-order valence-electron chi connectivity index (χ4n) is 1.51. The number of hydrogen-bond donors (Lipinski definition) is 2. The highest BCUT2D eigenvalue weighted by atomic mass is 16.2. The molecule has 4 nitrogen and oxygen atoms in total. The van der Waals surface area contributed by atoms with Crippen LogP contribution in [0.25, 0.3) is 0 Å². The molecule has 1 aromatic carbocycles. The highest BCUT2D eigenvalue weighted by Crippen LogP contribution is 2.06. The lowest BCUT2D eigenvalue weighted by molar-refractivity contribution is -0.122. The van der Waals surface area contributed by atoms with Gasteiger partial charge in [0.15, 0.2) is 0 Å². The molecule has 0 fully saturated rings. The molecule has 0 aliphatic carbocycles. The molecule has 0 atom stereocenters. The second-order valence-electron chi connectivity index (χ2n) is 5.16. The molecule has 0 radical (unpaired) electrons. The van der Waals surface area contributed by atoms with E-state index in [4.69, 9.17) is 0 Å². The third-order valence-electron chi connectivity index (χ3n) is 3.04. The van der Waals surface area contributed by atoms with Gasteiger partial charge in [-0.1, -0.05) is 25.1 Å². The van der Waals surface area contributed by atoms with E-state index < -0.39 is 0 Å². The van der Waals surface area contributed by atoms with Gasteiger partial charge in [0, 0.05) is 24.1 Å². The van der Waals surface area contributed by atoms with Gasteiger partial charge in [-0.2, -0.15) is 0 Å². The third-order valence-corrected chi connectivity index (χ3v) is 3.04. The number of carbonyl (C=O) groups is 2. The molecule has 0 saturated carbocycles. The molecule has 2 N–H and O–H groups in total. The van der Waals surface area contributed by atoms with Crippen molar-refractivity contribution in [2.24, 2.45) is 0 Å². The van der Waals surface area contributed by atoms with Crippen LogP contribution < -0.4 is 10.6 Å². The summed E-state index contributed by atoms with van der Waals surface area (Å²) >= 11 is 0. The Balaban J connectivity index is 2.31. The first-order chi connectivity index (χ1) is 8.94. The predicted octanol–water partition coefficient (Wildman–Crippen LogP) is 2.11. The number of benzene rings is 1. The van der Waals surface area contributed by atoms with E-state index in [-0.39, 0.29) is 17.4 Å². The predicted molar refractivity (Wildman–Crippen MR) is 75.9 cm³/mol. The fourth-order valence-corrected chi connectivity index (χ4v) is 1.51. The van der Waals surface area contributed by atoms with Crippen molar-refractivity contribution in [3.63, 3.8) is 0 Å². The van der Waals surface area contributed by atoms with Crippen LogP contribution in [0.3, 0.4) is 0 Å². The second-order valence-corrected chi connectivity index (χ2v) is 5.16. The molecular formula is C15H22N2O2. The molecule has 0 bridgehead atoms. The fraction of sp³-hybridized carbons (Fsp3) is 0.467. The summed E-state index contributed by atoms with van der Waals surface area (Å²) in [7, 11) is 0. The first-order valence-electron chi connectivity index (χ1n) is 6.59. The highest BCUT2D eigenvalue weighted by Gasteiger charge is 2.17. The van der Waals surface area contributed by atoms with Crippen LogP contribution in [0.1, 0.15) is 44.0 Å². The molecule has 0 aromatic heterocycles. The van der Waals surface area contributed by atoms with Crippen molar-refractivity contribution in [2.75, 3.05) is 6.54 Å². The molecule has 4 heteroatoms. The van der Waals surface area contributed by atoms with Crippen molar-refractivity contribution in [3.8, 4) is 0 Å². The van der Waals surface area contributed by atoms with E-state index in [1.165, 1.54) is 0 Å². The molecule has 1 aromatic rings. The zero-order valence-corrected chi connectivity index (χ0v) is 11.8. The first-order valence-corrected chi connectivity index (χ1v) is 6.59. The van der Waals surface area contributed by atoms with Crippen LogP contribution in [-0.4, -0.2) is 23.9 Å². The lowest BCUT2D eigenvalue weighted by atomic mass is 10.0. The second kappa shape index (κ2) is 6.92. The van der Waals surface area contributed by atoms with Gasteiger partial charge in [0.05, 0.1) is 0 Å². The van der Waals surface area contributed by atoms with Crippen molar-refractivity contribution in [3.05, 3.63) is 35.9 Å². The normalized spacial score (nSPS) is 10.9. The van der Waals surface area contributed by atoms with Gasteiger partial charge in [-0.25, -0.2) is 0 Å². The Hall–Kier alpha value is -1.84. The molecule has 1 rings (SSSR count). The molecular weight excluding hydrogens is 240 g/mol. The van der Waals surface area contributed by atoms with Crippen molar-refractivity contribution in [1.82, 2.24) is 10.6 Å². The SMILES string of the molecule is CCC(C)(C)NC(=O)CCNC(=O)c1ccccc1. The standard InChI is InChI=1S/C15H22N2O2/c1-4-15(2,3)17-13(18)10-11-16-14(19)12-8-6-5-7-9-12/h5-9H,4,10-11H2,1-3H3,(H,16,19)(H,17,18). The third kappa shape index (κ3) is 5.55. The van der Waals surface area contributed by atoms with Crippen molar-refractivity contribution in [1.29, 1.82) is 0 Å². The zero-order chi connectivity index (χ0) is 14.3. The number of rotatable bonds is 6. The molecule has 0 aliphatic heterocycles. The minimum atomic E-state index is -0.194. The van der Waals surface area contributed by atoms with Crippen LogP contribution in [0, 0.1) is 0 Å². The number of nitrogens with one attached hydrogen (secondary N) is 2. The largest absolute Gasteiger partial charge is 0.352 e. The highest BCUT2D eigenvalue weighted by molar-refractivity contribution is 5.94. The molecule has 0 spiro atoms. The van der Waals surface area contributed by atoms with Crippen molar-refractivity contribution < 1.29 is 9.59 Å². The summed E-state index contributed by atoms with van der Waals surface area (Å²) < 4.78 is 0. The van der Waals surface area contributed by atoms with Gasteiger partial charge in [-0.05, 0) is 32.4 Å². The van der Waals surface area contributed by atoms with Gasteiger partial charge in [0.25, 0.3) is 5.91 Å². The number of hydrogen-bond acceptors (Lipinski definition) is 2. The van der Waals surface area contributed by atoms with Crippen molar-refractivity contribution in [2.45, 2.75) is 39.2 Å². The maximum Gasteiger partial charge on any atom is 0.251 e. The van der Waals surface area contributed by atoms with Crippen molar-refractivity contribution >= 4 is 11.8 Å². The summed E-state index contributed by atoms with van der Waals surface area (Å²) in [4.78, 5) is 23.4. The Morgan fingerprint density at radius 3 is 2.37 bits per heavy atom. The van der Waals surface area contributed by atoms with E-state index >= 15 is 0 Å². The van der Waals surface area contributed by atoms with E-state index in [0.717, 1.165) is 6.42 Å². The van der Waals surface area contributed by atoms with Gasteiger partial charge in [0.1, 0.15) is 0 Å². The quantitative estimate of drug-likeness (QED) is 0.825. The Labute approximate surface area is 114 Å². The van der Waals surface area contributed by atoms with Crippen LogP contribution in [0.15, 0.2) is 30.3 Å². The average molecular weight is 262 g/mol. The number of amides is 2. The monoisotopic (exact) mass is 262 g/mol. The van der Waals surface area contributed by atoms with Gasteiger partial charge in [-0.15, -0.1) is 0 Å². The lowest BCUT2D eigenvalue weighted by Crippen LogP contribution is -2.43. The van der Waals surface area contributed by atoms with E-state index in [0.29, 0.717) is 18.5 Å². The van der Waals surface area contributed by atoms with E-state index in [9.17, 15) is 9.59 Å². The molecule has 0 saturated heterocycles. The van der Waals surface area contributed by atoms with Gasteiger partial charge < -0.3 is 10.6 Å². The van der Waals surface area contributed by atoms with Gasteiger partial charge in [-0.3, -0.25) is 9.59 Å². The first kappa shape index (κ1) is 15.2. The summed E-state index contributed by atoms with van der Waals surface area (Å²) in [6, 6.07) is 8.97. The van der Waals surface area contributed by atoms with Gasteiger partial charge in [0.2, 0.25) is 5.91 Å². The van der Waals surface area contributed by atoms with Crippen LogP contribution in [0.2, 0.25) is 0 Å². The lowest BCUT2D eigenvalue weighted by Gasteiger charge is -2.24. The molecule has 0 heterocycles. The molecule has 104 valence electrons. The maximum absolute atomic E-state index is 11.7. The topological polar surface area (TPSA) is 58.2 Å². The zero-order valence-electron chi connectivity index (χ0n) is 11.8. The maximum atomic E-state index is 11.7. The Morgan fingerprint density at radius 2 is 1.79 bits per heavy atom. The van der Waals surface area contributed by atoms with Crippen LogP contribution in [-0.2, 0) is 4.79 Å².